The van der Waals surface area contributed by atoms with E-state index in [1.807, 2.05) is 0 Å². The first-order valence-electron chi connectivity index (χ1n) is 14.7. The number of fused-ring (bicyclic) bond motifs is 10. The summed E-state index contributed by atoms with van der Waals surface area (Å²) in [5.41, 5.74) is 1.78. The van der Waals surface area contributed by atoms with Crippen molar-refractivity contribution >= 4 is 11.9 Å². The van der Waals surface area contributed by atoms with E-state index < -0.39 is 0 Å². The number of hydrogen-bond donors (Lipinski definition) is 0. The van der Waals surface area contributed by atoms with Crippen LogP contribution in [0.5, 0.6) is 0 Å². The lowest BCUT2D eigenvalue weighted by Crippen LogP contribution is -2.48. The smallest absolute Gasteiger partial charge is 0.309 e. The van der Waals surface area contributed by atoms with E-state index >= 15 is 0 Å². The fraction of sp³-hybridized carbons (Fsp3) is 0.806. The molecule has 0 aromatic carbocycles. The highest BCUT2D eigenvalue weighted by Crippen LogP contribution is 2.63. The molecule has 4 nitrogen and oxygen atoms in total. The third-order valence-electron chi connectivity index (χ3n) is 12.2. The molecule has 5 saturated carbocycles. The van der Waals surface area contributed by atoms with E-state index in [1.54, 1.807) is 0 Å². The van der Waals surface area contributed by atoms with Crippen LogP contribution in [0, 0.1) is 58.7 Å². The first-order chi connectivity index (χ1) is 16.9. The molecule has 7 rings (SSSR count). The zero-order valence-corrected chi connectivity index (χ0v) is 21.5. The molecule has 35 heavy (non-hydrogen) atoms. The molecule has 0 heterocycles. The largest absolute Gasteiger partial charge is 0.462 e. The predicted molar refractivity (Wildman–Crippen MR) is 133 cm³/mol. The fourth-order valence-corrected chi connectivity index (χ4v) is 10.8. The van der Waals surface area contributed by atoms with E-state index in [0.717, 1.165) is 43.9 Å². The minimum absolute atomic E-state index is 0.0460. The Balaban J connectivity index is 1.03. The van der Waals surface area contributed by atoms with Crippen LogP contribution in [0.3, 0.4) is 0 Å². The van der Waals surface area contributed by atoms with E-state index in [1.165, 1.54) is 51.0 Å². The van der Waals surface area contributed by atoms with Crippen molar-refractivity contribution in [3.8, 4) is 0 Å². The van der Waals surface area contributed by atoms with Crippen LogP contribution in [0.4, 0.5) is 0 Å². The summed E-state index contributed by atoms with van der Waals surface area (Å²) in [4.78, 5) is 25.0. The molecule has 0 amide bonds. The maximum atomic E-state index is 13.5. The van der Waals surface area contributed by atoms with Crippen LogP contribution in [0.25, 0.3) is 0 Å². The number of allylic oxidation sites excluding steroid dienone is 2. The molecule has 2 bridgehead atoms. The van der Waals surface area contributed by atoms with E-state index in [4.69, 9.17) is 9.47 Å². The van der Waals surface area contributed by atoms with Gasteiger partial charge in [0.1, 0.15) is 12.2 Å². The summed E-state index contributed by atoms with van der Waals surface area (Å²) < 4.78 is 11.9. The minimum Gasteiger partial charge on any atom is -0.462 e. The van der Waals surface area contributed by atoms with Gasteiger partial charge in [-0.05, 0) is 117 Å². The van der Waals surface area contributed by atoms with E-state index in [9.17, 15) is 9.59 Å². The second-order valence-corrected chi connectivity index (χ2v) is 13.5. The maximum Gasteiger partial charge on any atom is 0.309 e. The van der Waals surface area contributed by atoms with Crippen molar-refractivity contribution in [1.82, 2.24) is 0 Å². The number of carbonyl (C=O) groups excluding carboxylic acids is 2. The highest BCUT2D eigenvalue weighted by molar-refractivity contribution is 5.74. The molecule has 0 radical (unpaired) electrons. The molecule has 0 saturated heterocycles. The van der Waals surface area contributed by atoms with Crippen molar-refractivity contribution < 1.29 is 19.1 Å². The van der Waals surface area contributed by atoms with Gasteiger partial charge in [-0.1, -0.05) is 24.6 Å². The van der Waals surface area contributed by atoms with Gasteiger partial charge in [0.15, 0.2) is 0 Å². The van der Waals surface area contributed by atoms with Crippen molar-refractivity contribution in [2.24, 2.45) is 58.7 Å². The topological polar surface area (TPSA) is 52.6 Å². The Bertz CT molecular complexity index is 965. The van der Waals surface area contributed by atoms with Gasteiger partial charge in [0.2, 0.25) is 0 Å². The highest BCUT2D eigenvalue weighted by atomic mass is 16.5. The lowest BCUT2D eigenvalue weighted by molar-refractivity contribution is -0.158. The predicted octanol–water partition coefficient (Wildman–Crippen LogP) is 6.25. The van der Waals surface area contributed by atoms with Gasteiger partial charge in [-0.25, -0.2) is 0 Å². The summed E-state index contributed by atoms with van der Waals surface area (Å²) in [7, 11) is 0. The monoisotopic (exact) mass is 478 g/mol. The van der Waals surface area contributed by atoms with Crippen molar-refractivity contribution in [3.05, 3.63) is 23.8 Å². The summed E-state index contributed by atoms with van der Waals surface area (Å²) in [6.07, 6.45) is 20.1. The number of ether oxygens (including phenoxy) is 2. The van der Waals surface area contributed by atoms with Crippen LogP contribution in [-0.4, -0.2) is 24.1 Å². The summed E-state index contributed by atoms with van der Waals surface area (Å²) in [5.74, 6) is 5.57. The van der Waals surface area contributed by atoms with Gasteiger partial charge in [-0.2, -0.15) is 0 Å². The Kier molecular flexibility index (Phi) is 5.31. The van der Waals surface area contributed by atoms with E-state index in [-0.39, 0.29) is 35.5 Å². The first kappa shape index (κ1) is 22.6. The normalized spacial score (nSPS) is 51.1. The third-order valence-corrected chi connectivity index (χ3v) is 12.2. The SMILES string of the molecule is CC(=O)O[C@@H]1CC[C@]2(C)C(=CC[C@@H]3[C@@H]4CC[C@H](C(=O)O[C@@H]5C=C[C@@H]6[C@H]7CC[C@@H](C7)[C@@H]65)[C@@H]4CC[C@@H]32)C1. The molecule has 0 aromatic rings. The molecule has 0 N–H and O–H groups in total. The second-order valence-electron chi connectivity index (χ2n) is 13.5. The molecule has 12 atom stereocenters. The van der Waals surface area contributed by atoms with Gasteiger partial charge in [-0.15, -0.1) is 0 Å². The number of esters is 2. The number of carbonyl (C=O) groups is 2. The quantitative estimate of drug-likeness (QED) is 0.355. The fourth-order valence-electron chi connectivity index (χ4n) is 10.8. The Hall–Kier alpha value is -1.58. The summed E-state index contributed by atoms with van der Waals surface area (Å²) in [6.45, 7) is 4.01. The Labute approximate surface area is 210 Å². The summed E-state index contributed by atoms with van der Waals surface area (Å²) in [5, 5.41) is 0. The average molecular weight is 479 g/mol. The van der Waals surface area contributed by atoms with Gasteiger partial charge in [-0.3, -0.25) is 9.59 Å². The molecule has 7 aliphatic carbocycles. The van der Waals surface area contributed by atoms with Crippen molar-refractivity contribution in [1.29, 1.82) is 0 Å². The number of hydrogen-bond acceptors (Lipinski definition) is 4. The van der Waals surface area contributed by atoms with Crippen LogP contribution in [0.2, 0.25) is 0 Å². The Morgan fingerprint density at radius 3 is 2.60 bits per heavy atom. The first-order valence-corrected chi connectivity index (χ1v) is 14.7. The van der Waals surface area contributed by atoms with Gasteiger partial charge >= 0.3 is 11.9 Å². The van der Waals surface area contributed by atoms with Crippen LogP contribution < -0.4 is 0 Å². The third kappa shape index (κ3) is 3.44. The molecule has 7 aliphatic rings. The second kappa shape index (κ2) is 8.21. The lowest BCUT2D eigenvalue weighted by Gasteiger charge is -2.55. The highest BCUT2D eigenvalue weighted by Gasteiger charge is 2.57. The van der Waals surface area contributed by atoms with Crippen molar-refractivity contribution in [3.63, 3.8) is 0 Å². The molecule has 0 spiro atoms. The van der Waals surface area contributed by atoms with E-state index in [2.05, 4.69) is 25.2 Å². The van der Waals surface area contributed by atoms with Crippen LogP contribution in [0.15, 0.2) is 23.8 Å². The van der Waals surface area contributed by atoms with Crippen molar-refractivity contribution in [2.45, 2.75) is 96.7 Å². The average Bonchev–Trinajstić information content (AvgIpc) is 3.61. The van der Waals surface area contributed by atoms with Gasteiger partial charge in [0.25, 0.3) is 0 Å². The minimum atomic E-state index is -0.152. The summed E-state index contributed by atoms with van der Waals surface area (Å²) >= 11 is 0. The molecular weight excluding hydrogens is 436 g/mol. The molecule has 4 heteroatoms. The van der Waals surface area contributed by atoms with Gasteiger partial charge < -0.3 is 9.47 Å². The standard InChI is InChI=1S/C31H42O4/c1-17(32)34-21-13-14-31(2)20(16-21)5-6-25-23-7-8-26(24(23)9-11-27(25)31)30(33)35-28-12-10-22-18-3-4-19(15-18)29(22)28/h5,10,12,18-19,21-29H,3-4,6-9,11,13-16H2,1-2H3/t18-,19-,21+,22+,23+,24+,25+,26-,27-,28+,29-,31+/m0/s1. The zero-order valence-electron chi connectivity index (χ0n) is 21.5. The van der Waals surface area contributed by atoms with Crippen LogP contribution in [-0.2, 0) is 19.1 Å². The molecule has 0 aromatic heterocycles. The molecule has 0 unspecified atom stereocenters. The van der Waals surface area contributed by atoms with Gasteiger partial charge in [0.05, 0.1) is 5.92 Å². The Morgan fingerprint density at radius 1 is 0.914 bits per heavy atom. The number of rotatable bonds is 3. The maximum absolute atomic E-state index is 13.5. The van der Waals surface area contributed by atoms with E-state index in [0.29, 0.717) is 35.5 Å². The summed E-state index contributed by atoms with van der Waals surface area (Å²) in [6, 6.07) is 0. The molecule has 190 valence electrons. The van der Waals surface area contributed by atoms with Crippen molar-refractivity contribution in [2.75, 3.05) is 0 Å². The molecule has 5 fully saturated rings. The van der Waals surface area contributed by atoms with Gasteiger partial charge in [0, 0.05) is 19.3 Å². The zero-order chi connectivity index (χ0) is 23.9. The van der Waals surface area contributed by atoms with Crippen LogP contribution in [0.1, 0.15) is 84.5 Å². The molecular formula is C31H42O4. The molecule has 0 aliphatic heterocycles. The lowest BCUT2D eigenvalue weighted by atomic mass is 9.50. The Morgan fingerprint density at radius 2 is 1.74 bits per heavy atom. The van der Waals surface area contributed by atoms with Crippen LogP contribution >= 0.6 is 0 Å².